The average Bonchev–Trinajstić information content (AvgIpc) is 2.87. The van der Waals surface area contributed by atoms with Crippen LogP contribution >= 0.6 is 0 Å². The molecule has 0 spiro atoms. The standard InChI is InChI=1S/C8H14O3/c9-3-7-4-10-5-8(11-7)6-1-2-6/h6-9H,1-5H2/t7-,8-/m1/s1. The lowest BCUT2D eigenvalue weighted by atomic mass is 10.2. The summed E-state index contributed by atoms with van der Waals surface area (Å²) in [4.78, 5) is 0. The van der Waals surface area contributed by atoms with E-state index in [0.29, 0.717) is 12.5 Å². The van der Waals surface area contributed by atoms with Gasteiger partial charge in [0.25, 0.3) is 0 Å². The fourth-order valence-electron chi connectivity index (χ4n) is 1.45. The average molecular weight is 158 g/mol. The van der Waals surface area contributed by atoms with Gasteiger partial charge in [0.2, 0.25) is 0 Å². The number of aliphatic hydroxyl groups is 1. The number of aliphatic hydroxyl groups excluding tert-OH is 1. The topological polar surface area (TPSA) is 38.7 Å². The molecule has 1 aliphatic heterocycles. The Labute approximate surface area is 66.3 Å². The molecule has 0 unspecified atom stereocenters. The van der Waals surface area contributed by atoms with Crippen LogP contribution in [0.5, 0.6) is 0 Å². The van der Waals surface area contributed by atoms with Gasteiger partial charge in [0.15, 0.2) is 0 Å². The molecule has 2 aliphatic rings. The minimum absolute atomic E-state index is 0.0747. The summed E-state index contributed by atoms with van der Waals surface area (Å²) in [5.41, 5.74) is 0. The van der Waals surface area contributed by atoms with E-state index in [1.807, 2.05) is 0 Å². The summed E-state index contributed by atoms with van der Waals surface area (Å²) in [6, 6.07) is 0. The molecule has 1 heterocycles. The maximum absolute atomic E-state index is 8.81. The SMILES string of the molecule is OC[C@@H]1COC[C@H](C2CC2)O1. The van der Waals surface area contributed by atoms with Gasteiger partial charge in [0.1, 0.15) is 6.10 Å². The third-order valence-corrected chi connectivity index (χ3v) is 2.30. The van der Waals surface area contributed by atoms with Crippen molar-refractivity contribution in [2.24, 2.45) is 5.92 Å². The maximum atomic E-state index is 8.81. The van der Waals surface area contributed by atoms with Gasteiger partial charge >= 0.3 is 0 Å². The summed E-state index contributed by atoms with van der Waals surface area (Å²) >= 11 is 0. The third kappa shape index (κ3) is 1.72. The van der Waals surface area contributed by atoms with Crippen molar-refractivity contribution in [1.82, 2.24) is 0 Å². The molecule has 64 valence electrons. The van der Waals surface area contributed by atoms with Gasteiger partial charge in [0.05, 0.1) is 25.9 Å². The zero-order valence-corrected chi connectivity index (χ0v) is 6.53. The normalized spacial score (nSPS) is 39.0. The van der Waals surface area contributed by atoms with Crippen LogP contribution in [-0.4, -0.2) is 37.1 Å². The van der Waals surface area contributed by atoms with E-state index >= 15 is 0 Å². The number of hydrogen-bond acceptors (Lipinski definition) is 3. The van der Waals surface area contributed by atoms with E-state index in [1.165, 1.54) is 12.8 Å². The highest BCUT2D eigenvalue weighted by Gasteiger charge is 2.35. The van der Waals surface area contributed by atoms with Crippen LogP contribution < -0.4 is 0 Å². The molecule has 2 fully saturated rings. The molecule has 1 saturated carbocycles. The third-order valence-electron chi connectivity index (χ3n) is 2.30. The Bertz CT molecular complexity index is 133. The first-order chi connectivity index (χ1) is 5.40. The molecule has 1 N–H and O–H groups in total. The Hall–Kier alpha value is -0.120. The fourth-order valence-corrected chi connectivity index (χ4v) is 1.45. The van der Waals surface area contributed by atoms with E-state index in [-0.39, 0.29) is 18.8 Å². The zero-order valence-electron chi connectivity index (χ0n) is 6.53. The van der Waals surface area contributed by atoms with Crippen molar-refractivity contribution in [2.75, 3.05) is 19.8 Å². The fraction of sp³-hybridized carbons (Fsp3) is 1.00. The Morgan fingerprint density at radius 3 is 2.73 bits per heavy atom. The second-order valence-electron chi connectivity index (χ2n) is 3.35. The Morgan fingerprint density at radius 1 is 1.27 bits per heavy atom. The van der Waals surface area contributed by atoms with Gasteiger partial charge in [0, 0.05) is 0 Å². The van der Waals surface area contributed by atoms with E-state index < -0.39 is 0 Å². The van der Waals surface area contributed by atoms with Crippen LogP contribution in [0.3, 0.4) is 0 Å². The van der Waals surface area contributed by atoms with Gasteiger partial charge in [-0.1, -0.05) is 0 Å². The van der Waals surface area contributed by atoms with Crippen molar-refractivity contribution in [3.63, 3.8) is 0 Å². The highest BCUT2D eigenvalue weighted by molar-refractivity contribution is 4.84. The van der Waals surface area contributed by atoms with Crippen molar-refractivity contribution < 1.29 is 14.6 Å². The summed E-state index contributed by atoms with van der Waals surface area (Å²) in [6.45, 7) is 1.37. The van der Waals surface area contributed by atoms with Crippen LogP contribution in [0.4, 0.5) is 0 Å². The number of hydrogen-bond donors (Lipinski definition) is 1. The van der Waals surface area contributed by atoms with Crippen molar-refractivity contribution >= 4 is 0 Å². The van der Waals surface area contributed by atoms with Gasteiger partial charge < -0.3 is 14.6 Å². The predicted octanol–water partition coefficient (Wildman–Crippen LogP) is 0.173. The monoisotopic (exact) mass is 158 g/mol. The van der Waals surface area contributed by atoms with Crippen LogP contribution in [-0.2, 0) is 9.47 Å². The quantitative estimate of drug-likeness (QED) is 0.622. The van der Waals surface area contributed by atoms with Gasteiger partial charge in [-0.3, -0.25) is 0 Å². The molecule has 0 radical (unpaired) electrons. The molecule has 0 aromatic heterocycles. The maximum Gasteiger partial charge on any atom is 0.104 e. The van der Waals surface area contributed by atoms with Crippen molar-refractivity contribution in [3.05, 3.63) is 0 Å². The van der Waals surface area contributed by atoms with E-state index in [1.54, 1.807) is 0 Å². The smallest absolute Gasteiger partial charge is 0.104 e. The van der Waals surface area contributed by atoms with Crippen LogP contribution in [0.1, 0.15) is 12.8 Å². The van der Waals surface area contributed by atoms with E-state index in [4.69, 9.17) is 14.6 Å². The lowest BCUT2D eigenvalue weighted by molar-refractivity contribution is -0.156. The number of ether oxygens (including phenoxy) is 2. The lowest BCUT2D eigenvalue weighted by Gasteiger charge is -2.28. The molecule has 0 aromatic rings. The molecular weight excluding hydrogens is 144 g/mol. The summed E-state index contributed by atoms with van der Waals surface area (Å²) in [5.74, 6) is 0.712. The second kappa shape index (κ2) is 3.09. The first kappa shape index (κ1) is 7.53. The summed E-state index contributed by atoms with van der Waals surface area (Å²) in [6.07, 6.45) is 2.73. The highest BCUT2D eigenvalue weighted by Crippen LogP contribution is 2.36. The highest BCUT2D eigenvalue weighted by atomic mass is 16.6. The first-order valence-corrected chi connectivity index (χ1v) is 4.24. The summed E-state index contributed by atoms with van der Waals surface area (Å²) < 4.78 is 10.9. The summed E-state index contributed by atoms with van der Waals surface area (Å²) in [5, 5.41) is 8.81. The van der Waals surface area contributed by atoms with Crippen molar-refractivity contribution in [1.29, 1.82) is 0 Å². The van der Waals surface area contributed by atoms with Crippen molar-refractivity contribution in [2.45, 2.75) is 25.0 Å². The van der Waals surface area contributed by atoms with Gasteiger partial charge in [-0.2, -0.15) is 0 Å². The number of rotatable bonds is 2. The van der Waals surface area contributed by atoms with E-state index in [9.17, 15) is 0 Å². The largest absolute Gasteiger partial charge is 0.394 e. The van der Waals surface area contributed by atoms with Gasteiger partial charge in [-0.05, 0) is 18.8 Å². The summed E-state index contributed by atoms with van der Waals surface area (Å²) in [7, 11) is 0. The molecule has 0 aromatic carbocycles. The van der Waals surface area contributed by atoms with Crippen LogP contribution in [0.25, 0.3) is 0 Å². The molecule has 11 heavy (non-hydrogen) atoms. The van der Waals surface area contributed by atoms with Crippen LogP contribution in [0, 0.1) is 5.92 Å². The molecule has 0 amide bonds. The molecular formula is C8H14O3. The Kier molecular flexibility index (Phi) is 2.11. The van der Waals surface area contributed by atoms with Crippen molar-refractivity contribution in [3.8, 4) is 0 Å². The Morgan fingerprint density at radius 2 is 2.09 bits per heavy atom. The minimum Gasteiger partial charge on any atom is -0.394 e. The lowest BCUT2D eigenvalue weighted by Crippen LogP contribution is -2.39. The van der Waals surface area contributed by atoms with Crippen LogP contribution in [0.15, 0.2) is 0 Å². The molecule has 1 saturated heterocycles. The van der Waals surface area contributed by atoms with Gasteiger partial charge in [-0.15, -0.1) is 0 Å². The zero-order chi connectivity index (χ0) is 7.68. The van der Waals surface area contributed by atoms with E-state index in [2.05, 4.69) is 0 Å². The molecule has 2 rings (SSSR count). The molecule has 1 aliphatic carbocycles. The predicted molar refractivity (Wildman–Crippen MR) is 39.3 cm³/mol. The molecule has 2 atom stereocenters. The van der Waals surface area contributed by atoms with E-state index in [0.717, 1.165) is 6.61 Å². The first-order valence-electron chi connectivity index (χ1n) is 4.24. The molecule has 3 heteroatoms. The second-order valence-corrected chi connectivity index (χ2v) is 3.35. The Balaban J connectivity index is 1.82. The van der Waals surface area contributed by atoms with Crippen LogP contribution in [0.2, 0.25) is 0 Å². The molecule has 3 nitrogen and oxygen atoms in total. The van der Waals surface area contributed by atoms with Gasteiger partial charge in [-0.25, -0.2) is 0 Å². The minimum atomic E-state index is -0.0747. The molecule has 0 bridgehead atoms.